The van der Waals surface area contributed by atoms with Gasteiger partial charge in [0.2, 0.25) is 0 Å². The molecule has 0 spiro atoms. The minimum Gasteiger partial charge on any atom is -0.391 e. The van der Waals surface area contributed by atoms with Crippen LogP contribution in [0.25, 0.3) is 0 Å². The third-order valence-electron chi connectivity index (χ3n) is 2.55. The van der Waals surface area contributed by atoms with Crippen LogP contribution >= 0.6 is 0 Å². The number of aromatic nitrogens is 2. The fourth-order valence-corrected chi connectivity index (χ4v) is 1.63. The molecule has 1 aromatic heterocycles. The van der Waals surface area contributed by atoms with Gasteiger partial charge in [-0.05, 0) is 0 Å². The van der Waals surface area contributed by atoms with E-state index < -0.39 is 0 Å². The lowest BCUT2D eigenvalue weighted by Gasteiger charge is -2.15. The third kappa shape index (κ3) is 1.63. The molecule has 1 saturated heterocycles. The molecule has 5 heteroatoms. The maximum absolute atomic E-state index is 9.57. The molecule has 2 rings (SSSR count). The number of hydrogen-bond donors (Lipinski definition) is 2. The molecule has 14 heavy (non-hydrogen) atoms. The van der Waals surface area contributed by atoms with Crippen molar-refractivity contribution in [1.29, 1.82) is 0 Å². The molecular formula is C9H14N4O. The Morgan fingerprint density at radius 1 is 1.43 bits per heavy atom. The van der Waals surface area contributed by atoms with E-state index in [0.717, 1.165) is 12.4 Å². The van der Waals surface area contributed by atoms with E-state index in [9.17, 15) is 5.11 Å². The minimum atomic E-state index is -0.269. The van der Waals surface area contributed by atoms with Crippen molar-refractivity contribution < 1.29 is 5.11 Å². The second kappa shape index (κ2) is 3.42. The van der Waals surface area contributed by atoms with Gasteiger partial charge in [0.05, 0.1) is 18.5 Å². The Bertz CT molecular complexity index is 303. The largest absolute Gasteiger partial charge is 0.391 e. The zero-order valence-electron chi connectivity index (χ0n) is 8.09. The molecule has 1 fully saturated rings. The molecule has 1 aliphatic rings. The van der Waals surface area contributed by atoms with E-state index >= 15 is 0 Å². The van der Waals surface area contributed by atoms with E-state index in [4.69, 9.17) is 5.73 Å². The van der Waals surface area contributed by atoms with E-state index in [1.165, 1.54) is 6.20 Å². The highest BCUT2D eigenvalue weighted by Gasteiger charge is 2.28. The van der Waals surface area contributed by atoms with Crippen LogP contribution in [0.15, 0.2) is 12.4 Å². The number of aliphatic hydroxyl groups excluding tert-OH is 1. The molecule has 2 heterocycles. The summed E-state index contributed by atoms with van der Waals surface area (Å²) in [7, 11) is 0. The van der Waals surface area contributed by atoms with Crippen molar-refractivity contribution in [1.82, 2.24) is 9.97 Å². The van der Waals surface area contributed by atoms with E-state index in [1.54, 1.807) is 6.20 Å². The number of nitrogens with two attached hydrogens (primary N) is 1. The molecular weight excluding hydrogens is 180 g/mol. The topological polar surface area (TPSA) is 75.3 Å². The van der Waals surface area contributed by atoms with Crippen LogP contribution in [0.3, 0.4) is 0 Å². The van der Waals surface area contributed by atoms with Crippen molar-refractivity contribution in [2.45, 2.75) is 13.0 Å². The summed E-state index contributed by atoms with van der Waals surface area (Å²) in [5.41, 5.74) is 5.44. The Balaban J connectivity index is 2.13. The number of nitrogen functional groups attached to an aromatic ring is 1. The number of anilines is 2. The number of rotatable bonds is 1. The number of β-amino-alcohol motifs (C(OH)–C–C–N with tert-alkyl or cyclic N) is 1. The van der Waals surface area contributed by atoms with Crippen LogP contribution < -0.4 is 10.6 Å². The van der Waals surface area contributed by atoms with Gasteiger partial charge < -0.3 is 15.7 Å². The zero-order valence-corrected chi connectivity index (χ0v) is 8.09. The van der Waals surface area contributed by atoms with E-state index in [-0.39, 0.29) is 12.0 Å². The van der Waals surface area contributed by atoms with Crippen molar-refractivity contribution in [2.24, 2.45) is 5.92 Å². The highest BCUT2D eigenvalue weighted by Crippen LogP contribution is 2.21. The summed E-state index contributed by atoms with van der Waals surface area (Å²) >= 11 is 0. The SMILES string of the molecule is CC1CN(c2cnc(N)cn2)CC1O. The maximum Gasteiger partial charge on any atom is 0.147 e. The molecule has 0 amide bonds. The van der Waals surface area contributed by atoms with Gasteiger partial charge in [0.1, 0.15) is 11.6 Å². The van der Waals surface area contributed by atoms with Crippen LogP contribution in [0.1, 0.15) is 6.92 Å². The predicted octanol–water partition coefficient (Wildman–Crippen LogP) is -0.124. The summed E-state index contributed by atoms with van der Waals surface area (Å²) in [5, 5.41) is 9.57. The first kappa shape index (κ1) is 9.21. The molecule has 0 radical (unpaired) electrons. The van der Waals surface area contributed by atoms with Crippen LogP contribution in [0.5, 0.6) is 0 Å². The third-order valence-corrected chi connectivity index (χ3v) is 2.55. The first-order chi connectivity index (χ1) is 6.66. The molecule has 0 aromatic carbocycles. The van der Waals surface area contributed by atoms with Crippen LogP contribution in [0.2, 0.25) is 0 Å². The summed E-state index contributed by atoms with van der Waals surface area (Å²) < 4.78 is 0. The van der Waals surface area contributed by atoms with E-state index in [1.807, 2.05) is 11.8 Å². The van der Waals surface area contributed by atoms with Crippen molar-refractivity contribution >= 4 is 11.6 Å². The monoisotopic (exact) mass is 194 g/mol. The molecule has 1 aromatic rings. The van der Waals surface area contributed by atoms with E-state index in [2.05, 4.69) is 9.97 Å². The molecule has 3 N–H and O–H groups in total. The van der Waals surface area contributed by atoms with Crippen LogP contribution in [-0.2, 0) is 0 Å². The average Bonchev–Trinajstić information content (AvgIpc) is 2.48. The van der Waals surface area contributed by atoms with Gasteiger partial charge >= 0.3 is 0 Å². The fourth-order valence-electron chi connectivity index (χ4n) is 1.63. The first-order valence-electron chi connectivity index (χ1n) is 4.67. The molecule has 0 bridgehead atoms. The van der Waals surface area contributed by atoms with Crippen molar-refractivity contribution in [3.8, 4) is 0 Å². The van der Waals surface area contributed by atoms with Gasteiger partial charge in [0.15, 0.2) is 0 Å². The summed E-state index contributed by atoms with van der Waals surface area (Å²) in [4.78, 5) is 10.1. The smallest absolute Gasteiger partial charge is 0.147 e. The molecule has 0 saturated carbocycles. The predicted molar refractivity (Wildman–Crippen MR) is 53.8 cm³/mol. The summed E-state index contributed by atoms with van der Waals surface area (Å²) in [6.07, 6.45) is 2.90. The first-order valence-corrected chi connectivity index (χ1v) is 4.67. The molecule has 2 atom stereocenters. The number of nitrogens with zero attached hydrogens (tertiary/aromatic N) is 3. The minimum absolute atomic E-state index is 0.269. The lowest BCUT2D eigenvalue weighted by atomic mass is 10.1. The quantitative estimate of drug-likeness (QED) is 0.651. The van der Waals surface area contributed by atoms with Crippen molar-refractivity contribution in [2.75, 3.05) is 23.7 Å². The second-order valence-corrected chi connectivity index (χ2v) is 3.75. The Hall–Kier alpha value is -1.36. The summed E-state index contributed by atoms with van der Waals surface area (Å²) in [6.45, 7) is 3.47. The number of hydrogen-bond acceptors (Lipinski definition) is 5. The van der Waals surface area contributed by atoms with Crippen molar-refractivity contribution in [3.05, 3.63) is 12.4 Å². The molecule has 76 valence electrons. The van der Waals surface area contributed by atoms with E-state index in [0.29, 0.717) is 12.4 Å². The standard InChI is InChI=1S/C9H14N4O/c1-6-4-13(5-7(6)14)9-3-11-8(10)2-12-9/h2-3,6-7,14H,4-5H2,1H3,(H2,10,11). The molecule has 0 aliphatic carbocycles. The number of aliphatic hydroxyl groups is 1. The Kier molecular flexibility index (Phi) is 2.25. The average molecular weight is 194 g/mol. The lowest BCUT2D eigenvalue weighted by Crippen LogP contribution is -2.22. The van der Waals surface area contributed by atoms with Crippen LogP contribution in [0, 0.1) is 5.92 Å². The second-order valence-electron chi connectivity index (χ2n) is 3.75. The fraction of sp³-hybridized carbons (Fsp3) is 0.556. The van der Waals surface area contributed by atoms with Gasteiger partial charge in [-0.15, -0.1) is 0 Å². The van der Waals surface area contributed by atoms with Crippen LogP contribution in [0.4, 0.5) is 11.6 Å². The summed E-state index contributed by atoms with van der Waals surface area (Å²) in [6, 6.07) is 0. The van der Waals surface area contributed by atoms with Gasteiger partial charge in [-0.2, -0.15) is 0 Å². The van der Waals surface area contributed by atoms with Gasteiger partial charge in [-0.3, -0.25) is 0 Å². The van der Waals surface area contributed by atoms with Gasteiger partial charge in [-0.25, -0.2) is 9.97 Å². The van der Waals surface area contributed by atoms with Crippen LogP contribution in [-0.4, -0.2) is 34.3 Å². The lowest BCUT2D eigenvalue weighted by molar-refractivity contribution is 0.157. The normalized spacial score (nSPS) is 26.9. The molecule has 2 unspecified atom stereocenters. The highest BCUT2D eigenvalue weighted by molar-refractivity contribution is 5.40. The summed E-state index contributed by atoms with van der Waals surface area (Å²) in [5.74, 6) is 1.48. The Labute approximate surface area is 82.6 Å². The maximum atomic E-state index is 9.57. The molecule has 1 aliphatic heterocycles. The van der Waals surface area contributed by atoms with Gasteiger partial charge in [0.25, 0.3) is 0 Å². The highest BCUT2D eigenvalue weighted by atomic mass is 16.3. The van der Waals surface area contributed by atoms with Gasteiger partial charge in [-0.1, -0.05) is 6.92 Å². The van der Waals surface area contributed by atoms with Crippen molar-refractivity contribution in [3.63, 3.8) is 0 Å². The van der Waals surface area contributed by atoms with Gasteiger partial charge in [0, 0.05) is 19.0 Å². The molecule has 5 nitrogen and oxygen atoms in total. The zero-order chi connectivity index (χ0) is 10.1. The Morgan fingerprint density at radius 2 is 2.21 bits per heavy atom. The Morgan fingerprint density at radius 3 is 2.71 bits per heavy atom.